The molecule has 0 saturated carbocycles. The first kappa shape index (κ1) is 17.3. The molecule has 0 bridgehead atoms. The topological polar surface area (TPSA) is 83.2 Å². The summed E-state index contributed by atoms with van der Waals surface area (Å²) in [5.74, 6) is 0.337. The summed E-state index contributed by atoms with van der Waals surface area (Å²) in [7, 11) is 0. The Hall–Kier alpha value is -2.80. The average Bonchev–Trinajstić information content (AvgIpc) is 3.40. The number of aromatic nitrogens is 3. The number of H-pyrrole nitrogens is 1. The fourth-order valence-electron chi connectivity index (χ4n) is 4.69. The van der Waals surface area contributed by atoms with Gasteiger partial charge in [0.2, 0.25) is 0 Å². The van der Waals surface area contributed by atoms with E-state index in [1.807, 2.05) is 15.8 Å². The van der Waals surface area contributed by atoms with Gasteiger partial charge in [-0.2, -0.15) is 5.10 Å². The molecule has 0 aliphatic carbocycles. The van der Waals surface area contributed by atoms with Crippen LogP contribution in [0.4, 0.5) is 5.69 Å². The highest BCUT2D eigenvalue weighted by atomic mass is 16.2. The summed E-state index contributed by atoms with van der Waals surface area (Å²) in [5.41, 5.74) is 10.1. The Morgan fingerprint density at radius 1 is 1.18 bits per heavy atom. The van der Waals surface area contributed by atoms with Crippen LogP contribution in [0.1, 0.15) is 34.8 Å². The van der Waals surface area contributed by atoms with Gasteiger partial charge < -0.3 is 20.5 Å². The smallest absolute Gasteiger partial charge is 0.257 e. The molecular weight excluding hydrogens is 352 g/mol. The number of rotatable bonds is 3. The van der Waals surface area contributed by atoms with Crippen molar-refractivity contribution in [1.29, 1.82) is 0 Å². The zero-order chi connectivity index (χ0) is 19.1. The van der Waals surface area contributed by atoms with E-state index in [-0.39, 0.29) is 11.8 Å². The number of amides is 1. The summed E-state index contributed by atoms with van der Waals surface area (Å²) < 4.78 is 1.98. The number of piperazine rings is 1. The molecule has 0 spiro atoms. The van der Waals surface area contributed by atoms with E-state index in [9.17, 15) is 4.79 Å². The summed E-state index contributed by atoms with van der Waals surface area (Å²) in [4.78, 5) is 20.8. The van der Waals surface area contributed by atoms with E-state index in [0.29, 0.717) is 6.54 Å². The second-order valence-electron chi connectivity index (χ2n) is 7.74. The minimum Gasteiger partial charge on any atom is -0.367 e. The number of hydrogen-bond acceptors (Lipinski definition) is 4. The maximum absolute atomic E-state index is 13.2. The third-order valence-corrected chi connectivity index (χ3v) is 6.18. The highest BCUT2D eigenvalue weighted by Gasteiger charge is 2.30. The molecule has 1 saturated heterocycles. The van der Waals surface area contributed by atoms with Gasteiger partial charge >= 0.3 is 0 Å². The van der Waals surface area contributed by atoms with Crippen molar-refractivity contribution in [2.24, 2.45) is 5.73 Å². The van der Waals surface area contributed by atoms with Crippen molar-refractivity contribution in [1.82, 2.24) is 19.7 Å². The van der Waals surface area contributed by atoms with Crippen LogP contribution in [0.15, 0.2) is 36.7 Å². The van der Waals surface area contributed by atoms with E-state index in [2.05, 4.69) is 39.2 Å². The number of nitrogens with zero attached hydrogens (tertiary/aromatic N) is 4. The molecule has 2 aliphatic heterocycles. The number of benzene rings is 1. The second kappa shape index (κ2) is 6.98. The lowest BCUT2D eigenvalue weighted by Gasteiger charge is -2.36. The van der Waals surface area contributed by atoms with Gasteiger partial charge in [-0.1, -0.05) is 6.07 Å². The van der Waals surface area contributed by atoms with Gasteiger partial charge in [-0.05, 0) is 31.0 Å². The standard InChI is InChI=1S/C21H26N6O/c22-13-15-3-2-8-27-20(15)17(14-24-27)21(28)26-11-9-25(10-12-26)19-5-1-4-18-16(19)6-7-23-18/h1,4-7,14-15,23H,2-3,8-13,22H2. The van der Waals surface area contributed by atoms with E-state index in [1.165, 1.54) is 11.1 Å². The predicted molar refractivity (Wildman–Crippen MR) is 110 cm³/mol. The highest BCUT2D eigenvalue weighted by molar-refractivity contribution is 5.96. The molecule has 4 heterocycles. The Morgan fingerprint density at radius 2 is 2.04 bits per heavy atom. The van der Waals surface area contributed by atoms with Crippen LogP contribution in [0.2, 0.25) is 0 Å². The van der Waals surface area contributed by atoms with Crippen LogP contribution in [0, 0.1) is 0 Å². The number of aromatic amines is 1. The van der Waals surface area contributed by atoms with E-state index in [0.717, 1.165) is 62.3 Å². The Bertz CT molecular complexity index is 997. The van der Waals surface area contributed by atoms with Crippen molar-refractivity contribution >= 4 is 22.5 Å². The Balaban J connectivity index is 1.33. The summed E-state index contributed by atoms with van der Waals surface area (Å²) >= 11 is 0. The third kappa shape index (κ3) is 2.77. The molecule has 146 valence electrons. The Labute approximate surface area is 164 Å². The normalized spacial score (nSPS) is 19.8. The fourth-order valence-corrected chi connectivity index (χ4v) is 4.69. The van der Waals surface area contributed by atoms with Gasteiger partial charge in [-0.15, -0.1) is 0 Å². The van der Waals surface area contributed by atoms with E-state index in [4.69, 9.17) is 5.73 Å². The van der Waals surface area contributed by atoms with Gasteiger partial charge in [0.05, 0.1) is 17.5 Å². The number of hydrogen-bond donors (Lipinski definition) is 2. The number of anilines is 1. The van der Waals surface area contributed by atoms with Crippen molar-refractivity contribution in [3.05, 3.63) is 47.9 Å². The number of carbonyl (C=O) groups excluding carboxylic acids is 1. The molecule has 2 aliphatic rings. The maximum atomic E-state index is 13.2. The molecule has 7 nitrogen and oxygen atoms in total. The summed E-state index contributed by atoms with van der Waals surface area (Å²) in [6.45, 7) is 4.56. The molecule has 7 heteroatoms. The van der Waals surface area contributed by atoms with Crippen LogP contribution >= 0.6 is 0 Å². The quantitative estimate of drug-likeness (QED) is 0.732. The molecular formula is C21H26N6O. The number of nitrogens with two attached hydrogens (primary N) is 1. The zero-order valence-corrected chi connectivity index (χ0v) is 16.0. The molecule has 5 rings (SSSR count). The monoisotopic (exact) mass is 378 g/mol. The molecule has 3 aromatic rings. The van der Waals surface area contributed by atoms with Crippen LogP contribution in [0.3, 0.4) is 0 Å². The van der Waals surface area contributed by atoms with E-state index >= 15 is 0 Å². The van der Waals surface area contributed by atoms with Crippen molar-refractivity contribution in [3.8, 4) is 0 Å². The Kier molecular flexibility index (Phi) is 4.31. The van der Waals surface area contributed by atoms with Crippen molar-refractivity contribution < 1.29 is 4.79 Å². The first-order chi connectivity index (χ1) is 13.8. The minimum absolute atomic E-state index is 0.0982. The van der Waals surface area contributed by atoms with Gasteiger partial charge in [0.15, 0.2) is 0 Å². The third-order valence-electron chi connectivity index (χ3n) is 6.18. The van der Waals surface area contributed by atoms with Crippen molar-refractivity contribution in [2.75, 3.05) is 37.6 Å². The number of fused-ring (bicyclic) bond motifs is 2. The second-order valence-corrected chi connectivity index (χ2v) is 7.74. The molecule has 28 heavy (non-hydrogen) atoms. The zero-order valence-electron chi connectivity index (χ0n) is 16.0. The van der Waals surface area contributed by atoms with Crippen molar-refractivity contribution in [2.45, 2.75) is 25.3 Å². The van der Waals surface area contributed by atoms with Gasteiger partial charge in [0, 0.05) is 68.0 Å². The first-order valence-corrected chi connectivity index (χ1v) is 10.1. The van der Waals surface area contributed by atoms with Gasteiger partial charge in [-0.25, -0.2) is 0 Å². The van der Waals surface area contributed by atoms with Crippen LogP contribution in [0.25, 0.3) is 10.9 Å². The van der Waals surface area contributed by atoms with Crippen LogP contribution in [-0.4, -0.2) is 58.3 Å². The minimum atomic E-state index is 0.0982. The lowest BCUT2D eigenvalue weighted by Crippen LogP contribution is -2.49. The SMILES string of the molecule is NCC1CCCn2ncc(C(=O)N3CCN(c4cccc5[nH]ccc45)CC3)c21. The van der Waals surface area contributed by atoms with Crippen LogP contribution in [-0.2, 0) is 6.54 Å². The lowest BCUT2D eigenvalue weighted by atomic mass is 9.93. The van der Waals surface area contributed by atoms with Crippen LogP contribution < -0.4 is 10.6 Å². The Morgan fingerprint density at radius 3 is 2.86 bits per heavy atom. The number of aryl methyl sites for hydroxylation is 1. The largest absolute Gasteiger partial charge is 0.367 e. The number of nitrogens with one attached hydrogen (secondary N) is 1. The molecule has 3 N–H and O–H groups in total. The van der Waals surface area contributed by atoms with Gasteiger partial charge in [0.1, 0.15) is 0 Å². The summed E-state index contributed by atoms with van der Waals surface area (Å²) in [5, 5.41) is 5.70. The molecule has 1 unspecified atom stereocenters. The van der Waals surface area contributed by atoms with Gasteiger partial charge in [-0.3, -0.25) is 9.48 Å². The molecule has 1 amide bonds. The summed E-state index contributed by atoms with van der Waals surface area (Å²) in [6.07, 6.45) is 5.84. The fraction of sp³-hybridized carbons (Fsp3) is 0.429. The summed E-state index contributed by atoms with van der Waals surface area (Å²) in [6, 6.07) is 8.45. The average molecular weight is 378 g/mol. The van der Waals surface area contributed by atoms with Crippen LogP contribution in [0.5, 0.6) is 0 Å². The van der Waals surface area contributed by atoms with Crippen molar-refractivity contribution in [3.63, 3.8) is 0 Å². The first-order valence-electron chi connectivity index (χ1n) is 10.1. The molecule has 1 aromatic carbocycles. The molecule has 1 atom stereocenters. The maximum Gasteiger partial charge on any atom is 0.257 e. The predicted octanol–water partition coefficient (Wildman–Crippen LogP) is 2.16. The number of carbonyl (C=O) groups is 1. The lowest BCUT2D eigenvalue weighted by molar-refractivity contribution is 0.0744. The van der Waals surface area contributed by atoms with E-state index in [1.54, 1.807) is 6.20 Å². The van der Waals surface area contributed by atoms with E-state index < -0.39 is 0 Å². The highest BCUT2D eigenvalue weighted by Crippen LogP contribution is 2.30. The van der Waals surface area contributed by atoms with Gasteiger partial charge in [0.25, 0.3) is 5.91 Å². The molecule has 1 fully saturated rings. The molecule has 0 radical (unpaired) electrons. The molecule has 2 aromatic heterocycles.